The van der Waals surface area contributed by atoms with Gasteiger partial charge in [0, 0.05) is 48.8 Å². The van der Waals surface area contributed by atoms with Gasteiger partial charge < -0.3 is 20.1 Å². The molecular weight excluding hydrogens is 976 g/mol. The highest BCUT2D eigenvalue weighted by molar-refractivity contribution is 7.22. The molecule has 3 aliphatic rings. The lowest BCUT2D eigenvalue weighted by atomic mass is 9.91. The molecule has 0 bridgehead atoms. The minimum atomic E-state index is -4.85. The van der Waals surface area contributed by atoms with Crippen molar-refractivity contribution in [3.05, 3.63) is 125 Å². The summed E-state index contributed by atoms with van der Waals surface area (Å²) in [5.41, 5.74) is 2.68. The summed E-state index contributed by atoms with van der Waals surface area (Å²) in [6, 6.07) is 24.8. The molecule has 1 unspecified atom stereocenters. The van der Waals surface area contributed by atoms with E-state index in [-0.39, 0.29) is 65.8 Å². The monoisotopic (exact) mass is 1030 g/mol. The second-order valence-corrected chi connectivity index (χ2v) is 20.2. The van der Waals surface area contributed by atoms with Gasteiger partial charge in [0.25, 0.3) is 5.91 Å². The molecule has 0 aliphatic carbocycles. The lowest BCUT2D eigenvalue weighted by molar-refractivity contribution is -0.137. The third-order valence-electron chi connectivity index (χ3n) is 14.2. The van der Waals surface area contributed by atoms with Crippen molar-refractivity contribution in [1.29, 1.82) is 0 Å². The van der Waals surface area contributed by atoms with Crippen LogP contribution in [0.1, 0.15) is 94.6 Å². The van der Waals surface area contributed by atoms with Gasteiger partial charge in [-0.25, -0.2) is 14.8 Å². The third kappa shape index (κ3) is 10.7. The Hall–Kier alpha value is -7.71. The van der Waals surface area contributed by atoms with E-state index in [4.69, 9.17) is 4.74 Å². The van der Waals surface area contributed by atoms with Crippen molar-refractivity contribution in [3.8, 4) is 16.9 Å². The maximum atomic E-state index is 14.8. The highest BCUT2D eigenvalue weighted by Gasteiger charge is 2.37. The number of thiazole rings is 1. The van der Waals surface area contributed by atoms with Gasteiger partial charge >= 0.3 is 12.1 Å². The van der Waals surface area contributed by atoms with E-state index in [1.165, 1.54) is 35.6 Å². The normalized spacial score (nSPS) is 17.0. The molecule has 0 saturated carbocycles. The largest absolute Gasteiger partial charge is 0.491 e. The van der Waals surface area contributed by atoms with Crippen LogP contribution in [-0.4, -0.2) is 91.6 Å². The van der Waals surface area contributed by atoms with Crippen molar-refractivity contribution in [2.75, 3.05) is 41.7 Å². The van der Waals surface area contributed by atoms with E-state index in [0.29, 0.717) is 66.9 Å². The van der Waals surface area contributed by atoms with E-state index in [1.807, 2.05) is 53.4 Å². The molecule has 0 spiro atoms. The molecule has 6 heterocycles. The number of fused-ring (bicyclic) bond motifs is 3. The Kier molecular flexibility index (Phi) is 13.9. The molecule has 0 radical (unpaired) electrons. The number of benzene rings is 4. The average Bonchev–Trinajstić information content (AvgIpc) is 3.94. The van der Waals surface area contributed by atoms with Crippen LogP contribution in [0.25, 0.3) is 32.2 Å². The maximum Gasteiger partial charge on any atom is 0.417 e. The lowest BCUT2D eigenvalue weighted by Gasteiger charge is -2.32. The number of piperidine rings is 2. The quantitative estimate of drug-likeness (QED) is 0.0754. The minimum Gasteiger partial charge on any atom is -0.491 e. The summed E-state index contributed by atoms with van der Waals surface area (Å²) in [5.74, 6) is -2.61. The van der Waals surface area contributed by atoms with Crippen LogP contribution in [0.4, 0.5) is 29.8 Å². The molecule has 3 aliphatic heterocycles. The van der Waals surface area contributed by atoms with E-state index in [0.717, 1.165) is 57.6 Å². The van der Waals surface area contributed by atoms with Crippen LogP contribution in [0.2, 0.25) is 0 Å². The van der Waals surface area contributed by atoms with E-state index in [2.05, 4.69) is 35.9 Å². The molecule has 2 saturated heterocycles. The number of nitrogens with zero attached hydrogens (tertiary/aromatic N) is 6. The van der Waals surface area contributed by atoms with E-state index in [1.54, 1.807) is 30.8 Å². The van der Waals surface area contributed by atoms with Crippen molar-refractivity contribution in [1.82, 2.24) is 30.0 Å². The van der Waals surface area contributed by atoms with Gasteiger partial charge in [0.2, 0.25) is 17.7 Å². The summed E-state index contributed by atoms with van der Waals surface area (Å²) in [7, 11) is 1.77. The molecule has 2 atom stereocenters. The first-order valence-electron chi connectivity index (χ1n) is 24.5. The van der Waals surface area contributed by atoms with Gasteiger partial charge in [-0.3, -0.25) is 39.4 Å². The number of anilines is 3. The number of aromatic nitrogens is 4. The van der Waals surface area contributed by atoms with Crippen LogP contribution in [0.5, 0.6) is 5.75 Å². The summed E-state index contributed by atoms with van der Waals surface area (Å²) < 4.78 is 53.1. The Morgan fingerprint density at radius 2 is 1.70 bits per heavy atom. The van der Waals surface area contributed by atoms with Gasteiger partial charge in [0.1, 0.15) is 11.6 Å². The fourth-order valence-electron chi connectivity index (χ4n) is 10.3. The molecule has 10 rings (SSSR count). The Labute approximate surface area is 426 Å². The molecule has 2 fully saturated rings. The number of rotatable bonds is 14. The zero-order valence-electron chi connectivity index (χ0n) is 40.5. The van der Waals surface area contributed by atoms with Gasteiger partial charge in [0.15, 0.2) is 10.8 Å². The van der Waals surface area contributed by atoms with Gasteiger partial charge in [-0.15, -0.1) is 0 Å². The number of amides is 4. The first-order chi connectivity index (χ1) is 35.5. The Bertz CT molecular complexity index is 3320. The van der Waals surface area contributed by atoms with Gasteiger partial charge in [-0.05, 0) is 142 Å². The van der Waals surface area contributed by atoms with Crippen molar-refractivity contribution in [3.63, 3.8) is 0 Å². The Balaban J connectivity index is 0.736. The van der Waals surface area contributed by atoms with Gasteiger partial charge in [-0.2, -0.15) is 18.3 Å². The number of imide groups is 1. The summed E-state index contributed by atoms with van der Waals surface area (Å²) >= 11 is 1.36. The number of pyridine rings is 1. The first-order valence-corrected chi connectivity index (χ1v) is 25.3. The number of aryl methyl sites for hydroxylation is 1. The molecule has 74 heavy (non-hydrogen) atoms. The van der Waals surface area contributed by atoms with Crippen LogP contribution in [0.3, 0.4) is 0 Å². The molecule has 3 aromatic heterocycles. The number of para-hydroxylation sites is 1. The lowest BCUT2D eigenvalue weighted by Crippen LogP contribution is -2.39. The summed E-state index contributed by atoms with van der Waals surface area (Å²) in [6.45, 7) is 4.06. The van der Waals surface area contributed by atoms with Crippen molar-refractivity contribution >= 4 is 78.7 Å². The number of alkyl halides is 3. The van der Waals surface area contributed by atoms with E-state index in [9.17, 15) is 42.3 Å². The maximum absolute atomic E-state index is 14.8. The molecule has 16 nitrogen and oxygen atoms in total. The summed E-state index contributed by atoms with van der Waals surface area (Å²) in [6.07, 6.45) is -1.09. The molecule has 4 aromatic carbocycles. The predicted molar refractivity (Wildman–Crippen MR) is 273 cm³/mol. The molecule has 7 aromatic rings. The number of ether oxygens (including phenoxy) is 1. The average molecular weight is 1030 g/mol. The minimum absolute atomic E-state index is 0.00288. The molecule has 20 heteroatoms. The zero-order valence-corrected chi connectivity index (χ0v) is 41.3. The number of carbonyl (C=O) groups is 5. The smallest absolute Gasteiger partial charge is 0.417 e. The van der Waals surface area contributed by atoms with Crippen molar-refractivity contribution < 1.29 is 47.0 Å². The number of carbonyl (C=O) groups excluding carboxylic acids is 4. The fourth-order valence-corrected chi connectivity index (χ4v) is 11.2. The second kappa shape index (κ2) is 20.7. The summed E-state index contributed by atoms with van der Waals surface area (Å²) in [5, 5.41) is 24.4. The number of hydrogen-bond donors (Lipinski definition) is 4. The summed E-state index contributed by atoms with van der Waals surface area (Å²) in [4.78, 5) is 76.5. The second-order valence-electron chi connectivity index (χ2n) is 19.1. The number of likely N-dealkylation sites (tertiary alicyclic amines) is 1. The fraction of sp³-hybridized carbons (Fsp3) is 0.333. The standard InChI is InChI=1S/C54H52F3N9O7S/c1-30(10-11-31-20-23-65(24-21-31)29-47(68)58-33-12-14-38-43(26-33)64(2)63-48(38)39-17-19-46(67)61-51(39)70)73-34-13-15-35(41(27-34)54(55,56)57)36-16-18-45(60-49(36)52(71)72)66-25-22-32-6-5-7-37(40(32)28-66)50(69)62-53-59-42-8-3-4-9-44(42)74-53/h3-9,12-16,18,26-27,30-31,39H,10-11,17,19-25,28-29H2,1-2H3,(H,58,68)(H,71,72)(H,59,62,69)(H,61,67,70)/t30-,39?/m0/s1. The number of carboxylic acids is 1. The van der Waals surface area contributed by atoms with Crippen LogP contribution in [0.15, 0.2) is 91.0 Å². The topological polar surface area (TPSA) is 201 Å². The van der Waals surface area contributed by atoms with Crippen molar-refractivity contribution in [2.45, 2.75) is 76.6 Å². The van der Waals surface area contributed by atoms with Gasteiger partial charge in [0.05, 0.1) is 45.6 Å². The van der Waals surface area contributed by atoms with Gasteiger partial charge in [-0.1, -0.05) is 41.7 Å². The molecule has 4 N–H and O–H groups in total. The number of carboxylic acid groups (broad SMARTS) is 1. The third-order valence-corrected chi connectivity index (χ3v) is 15.1. The highest BCUT2D eigenvalue weighted by Crippen LogP contribution is 2.42. The highest BCUT2D eigenvalue weighted by atomic mass is 32.1. The van der Waals surface area contributed by atoms with Crippen LogP contribution in [0, 0.1) is 5.92 Å². The van der Waals surface area contributed by atoms with E-state index < -0.39 is 35.4 Å². The van der Waals surface area contributed by atoms with Crippen LogP contribution in [-0.2, 0) is 40.6 Å². The Morgan fingerprint density at radius 1 is 0.905 bits per heavy atom. The SMILES string of the molecule is C[C@@H](CCC1CCN(CC(=O)Nc2ccc3c(C4CCC(=O)NC4=O)nn(C)c3c2)CC1)Oc1ccc(-c2ccc(N3CCc4cccc(C(=O)Nc5nc6ccccc6s5)c4C3)nc2C(=O)O)c(C(F)(F)F)c1. The molecular formula is C54H52F3N9O7S. The molecule has 382 valence electrons. The van der Waals surface area contributed by atoms with E-state index >= 15 is 0 Å². The van der Waals surface area contributed by atoms with Crippen molar-refractivity contribution in [2.24, 2.45) is 13.0 Å². The predicted octanol–water partition coefficient (Wildman–Crippen LogP) is 9.20. The van der Waals surface area contributed by atoms with Crippen LogP contribution < -0.4 is 25.6 Å². The van der Waals surface area contributed by atoms with Crippen LogP contribution >= 0.6 is 11.3 Å². The number of halogens is 3. The first kappa shape index (κ1) is 49.9. The Morgan fingerprint density at radius 3 is 2.47 bits per heavy atom. The molecule has 4 amide bonds. The zero-order chi connectivity index (χ0) is 51.8. The number of hydrogen-bond acceptors (Lipinski definition) is 12. The number of aromatic carboxylic acids is 1. The number of nitrogens with one attached hydrogen (secondary N) is 3.